The third kappa shape index (κ3) is 0.918. The van der Waals surface area contributed by atoms with Gasteiger partial charge in [0.1, 0.15) is 0 Å². The lowest BCUT2D eigenvalue weighted by Crippen LogP contribution is -2.34. The summed E-state index contributed by atoms with van der Waals surface area (Å²) in [5.74, 6) is 2.33. The van der Waals surface area contributed by atoms with Gasteiger partial charge in [0.15, 0.2) is 0 Å². The van der Waals surface area contributed by atoms with Crippen molar-refractivity contribution in [3.05, 3.63) is 0 Å². The number of carbonyl (C=O) groups excluding carboxylic acids is 1. The van der Waals surface area contributed by atoms with E-state index in [0.717, 1.165) is 18.4 Å². The van der Waals surface area contributed by atoms with E-state index >= 15 is 0 Å². The largest absolute Gasteiger partial charge is 0.355 e. The van der Waals surface area contributed by atoms with Crippen LogP contribution in [-0.2, 0) is 4.79 Å². The van der Waals surface area contributed by atoms with Gasteiger partial charge in [-0.3, -0.25) is 4.79 Å². The summed E-state index contributed by atoms with van der Waals surface area (Å²) in [4.78, 5) is 11.5. The number of carbonyl (C=O) groups is 1. The minimum absolute atomic E-state index is 0.285. The lowest BCUT2D eigenvalue weighted by Gasteiger charge is -2.31. The Kier molecular flexibility index (Phi) is 1.38. The minimum Gasteiger partial charge on any atom is -0.355 e. The molecular formula is C11H17NO. The first-order valence-corrected chi connectivity index (χ1v) is 5.53. The Morgan fingerprint density at radius 1 is 1.23 bits per heavy atom. The van der Waals surface area contributed by atoms with E-state index in [9.17, 15) is 4.79 Å². The quantitative estimate of drug-likeness (QED) is 0.684. The highest BCUT2D eigenvalue weighted by Crippen LogP contribution is 2.62. The highest BCUT2D eigenvalue weighted by Gasteiger charge is 2.61. The van der Waals surface area contributed by atoms with Crippen LogP contribution in [0.5, 0.6) is 0 Å². The van der Waals surface area contributed by atoms with Crippen molar-refractivity contribution in [1.82, 2.24) is 5.32 Å². The summed E-state index contributed by atoms with van der Waals surface area (Å²) in [6, 6.07) is 0. The summed E-state index contributed by atoms with van der Waals surface area (Å²) in [7, 11) is 0. The number of amides is 1. The molecule has 0 aromatic carbocycles. The van der Waals surface area contributed by atoms with E-state index in [0.29, 0.717) is 11.3 Å². The Morgan fingerprint density at radius 2 is 1.77 bits per heavy atom. The molecule has 0 spiro atoms. The molecule has 72 valence electrons. The van der Waals surface area contributed by atoms with Crippen LogP contribution < -0.4 is 5.32 Å². The van der Waals surface area contributed by atoms with Crippen LogP contribution in [0.1, 0.15) is 32.6 Å². The lowest BCUT2D eigenvalue weighted by molar-refractivity contribution is -0.123. The maximum absolute atomic E-state index is 11.5. The highest BCUT2D eigenvalue weighted by atomic mass is 16.2. The topological polar surface area (TPSA) is 29.1 Å². The van der Waals surface area contributed by atoms with E-state index in [-0.39, 0.29) is 5.92 Å². The molecule has 1 aliphatic heterocycles. The fraction of sp³-hybridized carbons (Fsp3) is 0.909. The van der Waals surface area contributed by atoms with E-state index in [1.54, 1.807) is 0 Å². The molecular weight excluding hydrogens is 162 g/mol. The van der Waals surface area contributed by atoms with Gasteiger partial charge < -0.3 is 5.32 Å². The van der Waals surface area contributed by atoms with Crippen molar-refractivity contribution in [2.24, 2.45) is 23.2 Å². The maximum Gasteiger partial charge on any atom is 0.223 e. The lowest BCUT2D eigenvalue weighted by atomic mass is 9.70. The molecule has 3 aliphatic rings. The smallest absolute Gasteiger partial charge is 0.223 e. The Hall–Kier alpha value is -0.530. The van der Waals surface area contributed by atoms with Gasteiger partial charge in [-0.05, 0) is 37.5 Å². The van der Waals surface area contributed by atoms with E-state index in [1.807, 2.05) is 0 Å². The van der Waals surface area contributed by atoms with Gasteiger partial charge in [-0.1, -0.05) is 6.92 Å². The number of nitrogens with one attached hydrogen (secondary N) is 1. The van der Waals surface area contributed by atoms with Gasteiger partial charge >= 0.3 is 0 Å². The predicted molar refractivity (Wildman–Crippen MR) is 50.1 cm³/mol. The zero-order chi connectivity index (χ0) is 9.05. The second kappa shape index (κ2) is 2.28. The van der Waals surface area contributed by atoms with E-state index in [1.165, 1.54) is 25.7 Å². The molecule has 1 unspecified atom stereocenters. The summed E-state index contributed by atoms with van der Waals surface area (Å²) < 4.78 is 0. The second-order valence-electron chi connectivity index (χ2n) is 5.10. The molecule has 0 aromatic heterocycles. The fourth-order valence-electron chi connectivity index (χ4n) is 3.36. The van der Waals surface area contributed by atoms with Crippen molar-refractivity contribution < 1.29 is 4.79 Å². The first-order chi connectivity index (χ1) is 6.25. The molecule has 1 amide bonds. The minimum atomic E-state index is 0.285. The molecule has 3 fully saturated rings. The summed E-state index contributed by atoms with van der Waals surface area (Å²) in [5.41, 5.74) is 0.386. The molecule has 13 heavy (non-hydrogen) atoms. The highest BCUT2D eigenvalue weighted by molar-refractivity contribution is 5.82. The van der Waals surface area contributed by atoms with Crippen molar-refractivity contribution in [3.8, 4) is 0 Å². The third-order valence-electron chi connectivity index (χ3n) is 4.44. The number of hydrogen-bond acceptors (Lipinski definition) is 1. The molecule has 3 rings (SSSR count). The van der Waals surface area contributed by atoms with Gasteiger partial charge in [-0.25, -0.2) is 0 Å². The second-order valence-corrected chi connectivity index (χ2v) is 5.10. The van der Waals surface area contributed by atoms with Crippen molar-refractivity contribution >= 4 is 5.91 Å². The summed E-state index contributed by atoms with van der Waals surface area (Å²) in [5, 5.41) is 3.06. The molecule has 0 radical (unpaired) electrons. The Balaban J connectivity index is 1.93. The molecule has 2 nitrogen and oxygen atoms in total. The van der Waals surface area contributed by atoms with Gasteiger partial charge in [-0.15, -0.1) is 0 Å². The zero-order valence-electron chi connectivity index (χ0n) is 8.18. The van der Waals surface area contributed by atoms with Crippen molar-refractivity contribution in [1.29, 1.82) is 0 Å². The molecule has 1 atom stereocenters. The predicted octanol–water partition coefficient (Wildman–Crippen LogP) is 1.56. The van der Waals surface area contributed by atoms with Crippen molar-refractivity contribution in [2.45, 2.75) is 32.6 Å². The van der Waals surface area contributed by atoms with E-state index < -0.39 is 0 Å². The Labute approximate surface area is 79.1 Å². The monoisotopic (exact) mass is 179 g/mol. The summed E-state index contributed by atoms with van der Waals surface area (Å²) in [6.07, 6.45) is 5.48. The average molecular weight is 179 g/mol. The SMILES string of the molecule is CC1C(=O)NCC1(C1CC1)C1CC1. The molecule has 0 bridgehead atoms. The van der Waals surface area contributed by atoms with Crippen LogP contribution in [-0.4, -0.2) is 12.5 Å². The van der Waals surface area contributed by atoms with Gasteiger partial charge in [0.2, 0.25) is 5.91 Å². The van der Waals surface area contributed by atoms with Gasteiger partial charge in [0, 0.05) is 17.9 Å². The van der Waals surface area contributed by atoms with Crippen LogP contribution in [0.2, 0.25) is 0 Å². The molecule has 2 heteroatoms. The standard InChI is InChI=1S/C11H17NO/c1-7-10(13)12-6-11(7,8-2-3-8)9-4-5-9/h7-9H,2-6H2,1H3,(H,12,13). The molecule has 1 saturated heterocycles. The van der Waals surface area contributed by atoms with E-state index in [4.69, 9.17) is 0 Å². The van der Waals surface area contributed by atoms with Gasteiger partial charge in [0.05, 0.1) is 0 Å². The summed E-state index contributed by atoms with van der Waals surface area (Å²) >= 11 is 0. The first kappa shape index (κ1) is 7.84. The number of hydrogen-bond donors (Lipinski definition) is 1. The summed E-state index contributed by atoms with van der Waals surface area (Å²) in [6.45, 7) is 3.11. The van der Waals surface area contributed by atoms with E-state index in [2.05, 4.69) is 12.2 Å². The van der Waals surface area contributed by atoms with Gasteiger partial charge in [-0.2, -0.15) is 0 Å². The maximum atomic E-state index is 11.5. The number of rotatable bonds is 2. The van der Waals surface area contributed by atoms with Crippen LogP contribution in [0.4, 0.5) is 0 Å². The normalized spacial score (nSPS) is 37.6. The van der Waals surface area contributed by atoms with Crippen LogP contribution in [0.15, 0.2) is 0 Å². The van der Waals surface area contributed by atoms with Crippen LogP contribution in [0, 0.1) is 23.2 Å². The Bertz CT molecular complexity index is 241. The van der Waals surface area contributed by atoms with Crippen LogP contribution in [0.25, 0.3) is 0 Å². The fourth-order valence-corrected chi connectivity index (χ4v) is 3.36. The van der Waals surface area contributed by atoms with Crippen molar-refractivity contribution in [3.63, 3.8) is 0 Å². The molecule has 2 saturated carbocycles. The average Bonchev–Trinajstić information content (AvgIpc) is 3.00. The molecule has 1 heterocycles. The van der Waals surface area contributed by atoms with Crippen molar-refractivity contribution in [2.75, 3.05) is 6.54 Å². The molecule has 0 aromatic rings. The zero-order valence-corrected chi connectivity index (χ0v) is 8.18. The van der Waals surface area contributed by atoms with Crippen LogP contribution >= 0.6 is 0 Å². The molecule has 1 N–H and O–H groups in total. The van der Waals surface area contributed by atoms with Crippen LogP contribution in [0.3, 0.4) is 0 Å². The Morgan fingerprint density at radius 3 is 2.08 bits per heavy atom. The van der Waals surface area contributed by atoms with Gasteiger partial charge in [0.25, 0.3) is 0 Å². The molecule has 2 aliphatic carbocycles. The first-order valence-electron chi connectivity index (χ1n) is 5.53. The third-order valence-corrected chi connectivity index (χ3v) is 4.44.